The van der Waals surface area contributed by atoms with Gasteiger partial charge in [0.15, 0.2) is 0 Å². The second-order valence-electron chi connectivity index (χ2n) is 2.73. The fourth-order valence-electron chi connectivity index (χ4n) is 1.15. The number of anilines is 1. The summed E-state index contributed by atoms with van der Waals surface area (Å²) in [7, 11) is 0. The summed E-state index contributed by atoms with van der Waals surface area (Å²) in [5, 5.41) is 2.92. The molecule has 0 radical (unpaired) electrons. The highest BCUT2D eigenvalue weighted by Gasteiger charge is 2.01. The van der Waals surface area contributed by atoms with E-state index < -0.39 is 0 Å². The lowest BCUT2D eigenvalue weighted by Crippen LogP contribution is -1.88. The Bertz CT molecular complexity index is 284. The molecular weight excluding hydrogens is 152 g/mol. The Morgan fingerprint density at radius 2 is 2.25 bits per heavy atom. The minimum absolute atomic E-state index is 0.469. The van der Waals surface area contributed by atoms with Crippen molar-refractivity contribution >= 4 is 11.4 Å². The Labute approximate surface area is 71.6 Å². The van der Waals surface area contributed by atoms with Crippen molar-refractivity contribution in [1.29, 1.82) is 0 Å². The second kappa shape index (κ2) is 3.85. The molecular formula is C9H12N2O. The topological polar surface area (TPSA) is 55.4 Å². The standard InChI is InChI=1S/C9H12N2O/c1-2-3-7-4-5-8(10)6-9(7)11-12/h4-6H,2-3,10H2,1H3. The summed E-state index contributed by atoms with van der Waals surface area (Å²) in [5.41, 5.74) is 7.53. The fourth-order valence-corrected chi connectivity index (χ4v) is 1.15. The first kappa shape index (κ1) is 8.71. The molecule has 0 saturated heterocycles. The summed E-state index contributed by atoms with van der Waals surface area (Å²) in [6.45, 7) is 2.06. The van der Waals surface area contributed by atoms with Crippen LogP contribution in [0.2, 0.25) is 0 Å². The number of aryl methyl sites for hydroxylation is 1. The van der Waals surface area contributed by atoms with Gasteiger partial charge in [0.05, 0.1) is 0 Å². The maximum atomic E-state index is 10.3. The quantitative estimate of drug-likeness (QED) is 0.551. The second-order valence-corrected chi connectivity index (χ2v) is 2.73. The molecule has 0 aliphatic carbocycles. The number of benzene rings is 1. The Hall–Kier alpha value is -1.38. The molecule has 0 saturated carbocycles. The van der Waals surface area contributed by atoms with Crippen LogP contribution in [0.25, 0.3) is 0 Å². The van der Waals surface area contributed by atoms with Crippen LogP contribution in [-0.2, 0) is 6.42 Å². The molecule has 0 atom stereocenters. The lowest BCUT2D eigenvalue weighted by molar-refractivity contribution is 0.921. The molecule has 1 rings (SSSR count). The summed E-state index contributed by atoms with van der Waals surface area (Å²) in [5.74, 6) is 0. The molecule has 0 bridgehead atoms. The first-order valence-corrected chi connectivity index (χ1v) is 3.99. The average molecular weight is 164 g/mol. The van der Waals surface area contributed by atoms with Gasteiger partial charge >= 0.3 is 0 Å². The molecule has 64 valence electrons. The molecule has 3 heteroatoms. The molecule has 0 amide bonds. The number of nitrogens with zero attached hydrogens (tertiary/aromatic N) is 1. The number of nitroso groups, excluding NO2 is 1. The van der Waals surface area contributed by atoms with Gasteiger partial charge in [0.1, 0.15) is 5.69 Å². The van der Waals surface area contributed by atoms with E-state index >= 15 is 0 Å². The minimum atomic E-state index is 0.469. The van der Waals surface area contributed by atoms with Crippen molar-refractivity contribution in [3.63, 3.8) is 0 Å². The molecule has 0 unspecified atom stereocenters. The highest BCUT2D eigenvalue weighted by atomic mass is 16.3. The van der Waals surface area contributed by atoms with Crippen LogP contribution >= 0.6 is 0 Å². The van der Waals surface area contributed by atoms with Gasteiger partial charge in [-0.1, -0.05) is 19.4 Å². The average Bonchev–Trinajstić information content (AvgIpc) is 2.08. The van der Waals surface area contributed by atoms with E-state index in [9.17, 15) is 4.91 Å². The minimum Gasteiger partial charge on any atom is -0.399 e. The van der Waals surface area contributed by atoms with Gasteiger partial charge in [-0.15, -0.1) is 4.91 Å². The third kappa shape index (κ3) is 1.81. The molecule has 3 nitrogen and oxygen atoms in total. The lowest BCUT2D eigenvalue weighted by Gasteiger charge is -2.01. The maximum absolute atomic E-state index is 10.3. The van der Waals surface area contributed by atoms with E-state index in [1.54, 1.807) is 12.1 Å². The predicted molar refractivity (Wildman–Crippen MR) is 50.3 cm³/mol. The van der Waals surface area contributed by atoms with Gasteiger partial charge < -0.3 is 5.73 Å². The largest absolute Gasteiger partial charge is 0.399 e. The molecule has 0 heterocycles. The molecule has 0 aromatic heterocycles. The van der Waals surface area contributed by atoms with E-state index in [2.05, 4.69) is 12.1 Å². The van der Waals surface area contributed by atoms with Gasteiger partial charge in [-0.05, 0) is 29.3 Å². The van der Waals surface area contributed by atoms with Crippen LogP contribution in [0.1, 0.15) is 18.9 Å². The summed E-state index contributed by atoms with van der Waals surface area (Å²) in [4.78, 5) is 10.3. The van der Waals surface area contributed by atoms with Gasteiger partial charge in [-0.25, -0.2) is 0 Å². The number of hydrogen-bond donors (Lipinski definition) is 1. The van der Waals surface area contributed by atoms with Gasteiger partial charge in [0, 0.05) is 5.69 Å². The van der Waals surface area contributed by atoms with Gasteiger partial charge in [-0.3, -0.25) is 0 Å². The van der Waals surface area contributed by atoms with Crippen molar-refractivity contribution in [1.82, 2.24) is 0 Å². The van der Waals surface area contributed by atoms with Crippen LogP contribution in [0.4, 0.5) is 11.4 Å². The molecule has 0 fully saturated rings. The Balaban J connectivity index is 3.02. The summed E-state index contributed by atoms with van der Waals surface area (Å²) >= 11 is 0. The van der Waals surface area contributed by atoms with E-state index in [0.717, 1.165) is 18.4 Å². The first-order valence-electron chi connectivity index (χ1n) is 3.99. The molecule has 0 spiro atoms. The summed E-state index contributed by atoms with van der Waals surface area (Å²) < 4.78 is 0. The van der Waals surface area contributed by atoms with Crippen LogP contribution < -0.4 is 5.73 Å². The summed E-state index contributed by atoms with van der Waals surface area (Å²) in [6.07, 6.45) is 1.88. The zero-order valence-electron chi connectivity index (χ0n) is 7.08. The maximum Gasteiger partial charge on any atom is 0.113 e. The van der Waals surface area contributed by atoms with Crippen LogP contribution in [0.5, 0.6) is 0 Å². The number of hydrogen-bond acceptors (Lipinski definition) is 3. The number of nitrogen functional groups attached to an aromatic ring is 1. The van der Waals surface area contributed by atoms with Gasteiger partial charge in [-0.2, -0.15) is 0 Å². The molecule has 12 heavy (non-hydrogen) atoms. The highest BCUT2D eigenvalue weighted by Crippen LogP contribution is 2.22. The van der Waals surface area contributed by atoms with Gasteiger partial charge in [0.2, 0.25) is 0 Å². The molecule has 1 aromatic rings. The van der Waals surface area contributed by atoms with Crippen LogP contribution in [0.15, 0.2) is 23.4 Å². The van der Waals surface area contributed by atoms with E-state index in [1.165, 1.54) is 0 Å². The fraction of sp³-hybridized carbons (Fsp3) is 0.333. The van der Waals surface area contributed by atoms with Gasteiger partial charge in [0.25, 0.3) is 0 Å². The first-order chi connectivity index (χ1) is 5.77. The molecule has 2 N–H and O–H groups in total. The van der Waals surface area contributed by atoms with Crippen molar-refractivity contribution < 1.29 is 0 Å². The monoisotopic (exact) mass is 164 g/mol. The third-order valence-corrected chi connectivity index (χ3v) is 1.73. The smallest absolute Gasteiger partial charge is 0.113 e. The third-order valence-electron chi connectivity index (χ3n) is 1.73. The van der Waals surface area contributed by atoms with Crippen LogP contribution in [0.3, 0.4) is 0 Å². The molecule has 1 aromatic carbocycles. The lowest BCUT2D eigenvalue weighted by atomic mass is 10.1. The van der Waals surface area contributed by atoms with E-state index in [-0.39, 0.29) is 0 Å². The zero-order valence-corrected chi connectivity index (χ0v) is 7.08. The zero-order chi connectivity index (χ0) is 8.97. The van der Waals surface area contributed by atoms with Crippen molar-refractivity contribution in [3.8, 4) is 0 Å². The Morgan fingerprint density at radius 1 is 1.50 bits per heavy atom. The number of nitrogens with two attached hydrogens (primary N) is 1. The Kier molecular flexibility index (Phi) is 2.80. The summed E-state index contributed by atoms with van der Waals surface area (Å²) in [6, 6.07) is 5.26. The van der Waals surface area contributed by atoms with E-state index in [0.29, 0.717) is 11.4 Å². The van der Waals surface area contributed by atoms with Crippen molar-refractivity contribution in [2.24, 2.45) is 5.18 Å². The normalized spacial score (nSPS) is 9.75. The van der Waals surface area contributed by atoms with Crippen molar-refractivity contribution in [2.45, 2.75) is 19.8 Å². The van der Waals surface area contributed by atoms with Crippen LogP contribution in [-0.4, -0.2) is 0 Å². The van der Waals surface area contributed by atoms with E-state index in [1.807, 2.05) is 6.07 Å². The Morgan fingerprint density at radius 3 is 2.83 bits per heavy atom. The predicted octanol–water partition coefficient (Wildman–Crippen LogP) is 2.62. The number of rotatable bonds is 3. The highest BCUT2D eigenvalue weighted by molar-refractivity contribution is 5.56. The SMILES string of the molecule is CCCc1ccc(N)cc1N=O. The van der Waals surface area contributed by atoms with Crippen molar-refractivity contribution in [2.75, 3.05) is 5.73 Å². The van der Waals surface area contributed by atoms with Crippen LogP contribution in [0, 0.1) is 4.91 Å². The molecule has 0 aliphatic rings. The molecule has 0 aliphatic heterocycles. The van der Waals surface area contributed by atoms with E-state index in [4.69, 9.17) is 5.73 Å². The van der Waals surface area contributed by atoms with Crippen molar-refractivity contribution in [3.05, 3.63) is 28.7 Å².